The van der Waals surface area contributed by atoms with E-state index in [1.165, 1.54) is 5.56 Å². The average molecular weight is 496 g/mol. The first-order valence-electron chi connectivity index (χ1n) is 8.86. The summed E-state index contributed by atoms with van der Waals surface area (Å²) in [6, 6.07) is 15.8. The summed E-state index contributed by atoms with van der Waals surface area (Å²) in [7, 11) is 6.94. The van der Waals surface area contributed by atoms with Crippen LogP contribution < -0.4 is 10.6 Å². The third kappa shape index (κ3) is 7.12. The number of nitrogens with one attached hydrogen (secondary N) is 2. The van der Waals surface area contributed by atoms with Gasteiger partial charge >= 0.3 is 0 Å². The summed E-state index contributed by atoms with van der Waals surface area (Å²) in [4.78, 5) is 17.8. The predicted molar refractivity (Wildman–Crippen MR) is 124 cm³/mol. The van der Waals surface area contributed by atoms with E-state index in [1.54, 1.807) is 33.2 Å². The molecule has 0 fully saturated rings. The van der Waals surface area contributed by atoms with E-state index in [9.17, 15) is 4.79 Å². The molecule has 0 aliphatic carbocycles. The second-order valence-electron chi connectivity index (χ2n) is 6.38. The van der Waals surface area contributed by atoms with Crippen LogP contribution in [0.2, 0.25) is 0 Å². The topological polar surface area (TPSA) is 66.0 Å². The van der Waals surface area contributed by atoms with Gasteiger partial charge in [-0.1, -0.05) is 36.4 Å². The molecule has 0 heterocycles. The quantitative estimate of drug-likeness (QED) is 0.352. The number of hydrogen-bond acceptors (Lipinski definition) is 3. The van der Waals surface area contributed by atoms with Gasteiger partial charge in [0.05, 0.1) is 6.61 Å². The SMILES string of the molecule is CN=C(NCc1ccc(C(=O)N(C)C)cc1)NCc1ccccc1COC.I. The van der Waals surface area contributed by atoms with Gasteiger partial charge in [-0.05, 0) is 28.8 Å². The maximum atomic E-state index is 11.9. The highest BCUT2D eigenvalue weighted by Gasteiger charge is 2.07. The lowest BCUT2D eigenvalue weighted by atomic mass is 10.1. The number of guanidine groups is 1. The van der Waals surface area contributed by atoms with Crippen LogP contribution in [-0.4, -0.2) is 45.0 Å². The van der Waals surface area contributed by atoms with Crippen molar-refractivity contribution in [1.29, 1.82) is 0 Å². The fraction of sp³-hybridized carbons (Fsp3) is 0.333. The van der Waals surface area contributed by atoms with E-state index < -0.39 is 0 Å². The van der Waals surface area contributed by atoms with E-state index >= 15 is 0 Å². The van der Waals surface area contributed by atoms with Crippen molar-refractivity contribution >= 4 is 35.8 Å². The van der Waals surface area contributed by atoms with Crippen LogP contribution in [0.15, 0.2) is 53.5 Å². The summed E-state index contributed by atoms with van der Waals surface area (Å²) in [6.07, 6.45) is 0. The first-order valence-corrected chi connectivity index (χ1v) is 8.86. The molecule has 0 aromatic heterocycles. The molecule has 152 valence electrons. The van der Waals surface area contributed by atoms with Gasteiger partial charge in [-0.15, -0.1) is 24.0 Å². The number of benzene rings is 2. The number of halogens is 1. The standard InChI is InChI=1S/C21H28N4O2.HI/c1-22-21(24-14-18-7-5-6-8-19(18)15-27-4)23-13-16-9-11-17(12-10-16)20(26)25(2)3;/h5-12H,13-15H2,1-4H3,(H2,22,23,24);1H. The van der Waals surface area contributed by atoms with E-state index in [2.05, 4.69) is 27.8 Å². The minimum absolute atomic E-state index is 0. The van der Waals surface area contributed by atoms with Crippen molar-refractivity contribution in [3.63, 3.8) is 0 Å². The van der Waals surface area contributed by atoms with E-state index in [-0.39, 0.29) is 29.9 Å². The Bertz CT molecular complexity index is 776. The van der Waals surface area contributed by atoms with Gasteiger partial charge in [-0.2, -0.15) is 0 Å². The Kier molecular flexibility index (Phi) is 10.5. The Hall–Kier alpha value is -2.13. The van der Waals surface area contributed by atoms with Crippen LogP contribution >= 0.6 is 24.0 Å². The van der Waals surface area contributed by atoms with Crippen LogP contribution in [0.4, 0.5) is 0 Å². The highest BCUT2D eigenvalue weighted by Crippen LogP contribution is 2.10. The molecule has 2 rings (SSSR count). The Morgan fingerprint density at radius 3 is 2.18 bits per heavy atom. The van der Waals surface area contributed by atoms with Gasteiger partial charge in [-0.3, -0.25) is 9.79 Å². The summed E-state index contributed by atoms with van der Waals surface area (Å²) in [5, 5.41) is 6.61. The molecule has 0 aliphatic heterocycles. The molecule has 2 N–H and O–H groups in total. The number of aliphatic imine (C=N–C) groups is 1. The van der Waals surface area contributed by atoms with E-state index in [0.29, 0.717) is 25.3 Å². The molecule has 6 nitrogen and oxygen atoms in total. The van der Waals surface area contributed by atoms with E-state index in [4.69, 9.17) is 4.74 Å². The average Bonchev–Trinajstić information content (AvgIpc) is 2.69. The number of rotatable bonds is 7. The summed E-state index contributed by atoms with van der Waals surface area (Å²) >= 11 is 0. The monoisotopic (exact) mass is 496 g/mol. The first-order chi connectivity index (χ1) is 13.0. The number of nitrogens with zero attached hydrogens (tertiary/aromatic N) is 2. The molecule has 1 amide bonds. The lowest BCUT2D eigenvalue weighted by Crippen LogP contribution is -2.36. The molecule has 7 heteroatoms. The van der Waals surface area contributed by atoms with Gasteiger partial charge in [-0.25, -0.2) is 0 Å². The largest absolute Gasteiger partial charge is 0.380 e. The molecule has 0 saturated carbocycles. The minimum Gasteiger partial charge on any atom is -0.380 e. The number of methoxy groups -OCH3 is 1. The minimum atomic E-state index is 0. The molecular formula is C21H29IN4O2. The summed E-state index contributed by atoms with van der Waals surface area (Å²) in [5.41, 5.74) is 4.09. The number of carbonyl (C=O) groups excluding carboxylic acids is 1. The van der Waals surface area contributed by atoms with Crippen molar-refractivity contribution in [2.24, 2.45) is 4.99 Å². The molecule has 0 aliphatic rings. The second kappa shape index (κ2) is 12.4. The molecule has 0 atom stereocenters. The van der Waals surface area contributed by atoms with Crippen molar-refractivity contribution in [3.8, 4) is 0 Å². The highest BCUT2D eigenvalue weighted by molar-refractivity contribution is 14.0. The van der Waals surface area contributed by atoms with Crippen molar-refractivity contribution in [2.75, 3.05) is 28.3 Å². The van der Waals surface area contributed by atoms with Crippen LogP contribution in [0, 0.1) is 0 Å². The van der Waals surface area contributed by atoms with E-state index in [0.717, 1.165) is 17.1 Å². The second-order valence-corrected chi connectivity index (χ2v) is 6.38. The zero-order valence-corrected chi connectivity index (χ0v) is 19.2. The van der Waals surface area contributed by atoms with Gasteiger partial charge < -0.3 is 20.3 Å². The highest BCUT2D eigenvalue weighted by atomic mass is 127. The van der Waals surface area contributed by atoms with Gasteiger partial charge in [0.15, 0.2) is 5.96 Å². The maximum absolute atomic E-state index is 11.9. The normalized spacial score (nSPS) is 10.8. The molecule has 28 heavy (non-hydrogen) atoms. The van der Waals surface area contributed by atoms with Gasteiger partial charge in [0.25, 0.3) is 5.91 Å². The third-order valence-electron chi connectivity index (χ3n) is 4.16. The molecule has 0 saturated heterocycles. The number of amides is 1. The van der Waals surface area contributed by atoms with Crippen molar-refractivity contribution < 1.29 is 9.53 Å². The Labute approximate surface area is 184 Å². The molecule has 0 bridgehead atoms. The van der Waals surface area contributed by atoms with Crippen LogP contribution in [0.25, 0.3) is 0 Å². The fourth-order valence-electron chi connectivity index (χ4n) is 2.63. The molecular weight excluding hydrogens is 467 g/mol. The predicted octanol–water partition coefficient (Wildman–Crippen LogP) is 3.02. The molecule has 0 spiro atoms. The van der Waals surface area contributed by atoms with Crippen LogP contribution in [0.1, 0.15) is 27.0 Å². The Balaban J connectivity index is 0.00000392. The molecule has 0 unspecified atom stereocenters. The summed E-state index contributed by atoms with van der Waals surface area (Å²) in [5.74, 6) is 0.720. The molecule has 2 aromatic rings. The number of hydrogen-bond donors (Lipinski definition) is 2. The Morgan fingerprint density at radius 2 is 1.61 bits per heavy atom. The van der Waals surface area contributed by atoms with Crippen molar-refractivity contribution in [1.82, 2.24) is 15.5 Å². The third-order valence-corrected chi connectivity index (χ3v) is 4.16. The lowest BCUT2D eigenvalue weighted by Gasteiger charge is -2.14. The number of ether oxygens (including phenoxy) is 1. The van der Waals surface area contributed by atoms with Gasteiger partial charge in [0.2, 0.25) is 0 Å². The fourth-order valence-corrected chi connectivity index (χ4v) is 2.63. The summed E-state index contributed by atoms with van der Waals surface area (Å²) in [6.45, 7) is 1.87. The van der Waals surface area contributed by atoms with E-state index in [1.807, 2.05) is 36.4 Å². The van der Waals surface area contributed by atoms with Crippen LogP contribution in [0.3, 0.4) is 0 Å². The molecule has 0 radical (unpaired) electrons. The number of carbonyl (C=O) groups is 1. The Morgan fingerprint density at radius 1 is 1.00 bits per heavy atom. The summed E-state index contributed by atoms with van der Waals surface area (Å²) < 4.78 is 5.25. The first kappa shape index (κ1) is 23.9. The zero-order valence-electron chi connectivity index (χ0n) is 16.9. The molecule has 2 aromatic carbocycles. The van der Waals surface area contributed by atoms with Gasteiger partial charge in [0.1, 0.15) is 0 Å². The lowest BCUT2D eigenvalue weighted by molar-refractivity contribution is 0.0827. The van der Waals surface area contributed by atoms with Crippen molar-refractivity contribution in [2.45, 2.75) is 19.7 Å². The smallest absolute Gasteiger partial charge is 0.253 e. The van der Waals surface area contributed by atoms with Crippen molar-refractivity contribution in [3.05, 3.63) is 70.8 Å². The maximum Gasteiger partial charge on any atom is 0.253 e. The van der Waals surface area contributed by atoms with Gasteiger partial charge in [0, 0.05) is 46.9 Å². The van der Waals surface area contributed by atoms with Crippen LogP contribution in [0.5, 0.6) is 0 Å². The van der Waals surface area contributed by atoms with Crippen LogP contribution in [-0.2, 0) is 24.4 Å². The zero-order chi connectivity index (χ0) is 19.6.